The molecule has 1 atom stereocenters. The van der Waals surface area contributed by atoms with E-state index in [1.807, 2.05) is 0 Å². The Hall–Kier alpha value is -2.96. The molecule has 0 aromatic heterocycles. The van der Waals surface area contributed by atoms with E-state index in [0.29, 0.717) is 12.4 Å². The quantitative estimate of drug-likeness (QED) is 0.773. The van der Waals surface area contributed by atoms with Gasteiger partial charge in [0.15, 0.2) is 0 Å². The molecule has 0 saturated heterocycles. The number of rotatable bonds is 7. The van der Waals surface area contributed by atoms with Gasteiger partial charge in [-0.05, 0) is 37.1 Å². The number of carbonyl (C=O) groups excluding carboxylic acids is 2. The third-order valence-electron chi connectivity index (χ3n) is 3.85. The normalized spacial score (nSPS) is 11.8. The number of hydrogen-bond donors (Lipinski definition) is 2. The summed E-state index contributed by atoms with van der Waals surface area (Å²) in [6.45, 7) is 5.66. The zero-order valence-corrected chi connectivity index (χ0v) is 15.4. The Bertz CT molecular complexity index is 825. The predicted octanol–water partition coefficient (Wildman–Crippen LogP) is 3.76. The van der Waals surface area contributed by atoms with E-state index < -0.39 is 29.5 Å². The molecule has 144 valence electrons. The molecule has 0 aliphatic rings. The third-order valence-corrected chi connectivity index (χ3v) is 3.85. The zero-order chi connectivity index (χ0) is 20.0. The van der Waals surface area contributed by atoms with Gasteiger partial charge in [0.05, 0.1) is 17.9 Å². The van der Waals surface area contributed by atoms with E-state index in [4.69, 9.17) is 4.74 Å². The van der Waals surface area contributed by atoms with Crippen molar-refractivity contribution in [1.29, 1.82) is 0 Å². The highest BCUT2D eigenvalue weighted by atomic mass is 19.1. The van der Waals surface area contributed by atoms with Crippen LogP contribution >= 0.6 is 0 Å². The van der Waals surface area contributed by atoms with Crippen LogP contribution < -0.4 is 15.4 Å². The molecule has 5 nitrogen and oxygen atoms in total. The van der Waals surface area contributed by atoms with E-state index >= 15 is 0 Å². The summed E-state index contributed by atoms with van der Waals surface area (Å²) in [5.74, 6) is -2.46. The van der Waals surface area contributed by atoms with Crippen molar-refractivity contribution in [2.24, 2.45) is 5.92 Å². The van der Waals surface area contributed by atoms with Gasteiger partial charge in [0, 0.05) is 6.07 Å². The Balaban J connectivity index is 2.19. The van der Waals surface area contributed by atoms with Gasteiger partial charge in [-0.3, -0.25) is 9.59 Å². The smallest absolute Gasteiger partial charge is 0.255 e. The van der Waals surface area contributed by atoms with Gasteiger partial charge in [0.1, 0.15) is 23.4 Å². The summed E-state index contributed by atoms with van der Waals surface area (Å²) >= 11 is 0. The average molecular weight is 376 g/mol. The monoisotopic (exact) mass is 376 g/mol. The molecule has 2 N–H and O–H groups in total. The highest BCUT2D eigenvalue weighted by molar-refractivity contribution is 6.02. The van der Waals surface area contributed by atoms with Crippen LogP contribution in [0.3, 0.4) is 0 Å². The van der Waals surface area contributed by atoms with Crippen LogP contribution in [0, 0.1) is 17.6 Å². The lowest BCUT2D eigenvalue weighted by Crippen LogP contribution is -2.47. The number of hydrogen-bond acceptors (Lipinski definition) is 3. The lowest BCUT2D eigenvalue weighted by Gasteiger charge is -2.22. The van der Waals surface area contributed by atoms with Crippen molar-refractivity contribution in [3.63, 3.8) is 0 Å². The van der Waals surface area contributed by atoms with Gasteiger partial charge in [-0.1, -0.05) is 26.0 Å². The molecule has 7 heteroatoms. The molecule has 27 heavy (non-hydrogen) atoms. The van der Waals surface area contributed by atoms with E-state index in [2.05, 4.69) is 10.6 Å². The summed E-state index contributed by atoms with van der Waals surface area (Å²) in [5, 5.41) is 4.97. The van der Waals surface area contributed by atoms with Crippen LogP contribution in [-0.4, -0.2) is 24.5 Å². The van der Waals surface area contributed by atoms with Gasteiger partial charge < -0.3 is 15.4 Å². The van der Waals surface area contributed by atoms with Crippen molar-refractivity contribution in [2.45, 2.75) is 26.8 Å². The van der Waals surface area contributed by atoms with Crippen molar-refractivity contribution in [2.75, 3.05) is 11.9 Å². The van der Waals surface area contributed by atoms with E-state index in [1.54, 1.807) is 45.0 Å². The summed E-state index contributed by atoms with van der Waals surface area (Å²) in [6.07, 6.45) is 0. The first kappa shape index (κ1) is 20.4. The predicted molar refractivity (Wildman–Crippen MR) is 98.7 cm³/mol. The minimum Gasteiger partial charge on any atom is -0.493 e. The van der Waals surface area contributed by atoms with Crippen molar-refractivity contribution in [1.82, 2.24) is 5.32 Å². The molecule has 0 aliphatic heterocycles. The van der Waals surface area contributed by atoms with Gasteiger partial charge in [0.25, 0.3) is 5.91 Å². The Morgan fingerprint density at radius 1 is 1.11 bits per heavy atom. The number of carbonyl (C=O) groups is 2. The molecule has 2 aromatic carbocycles. The summed E-state index contributed by atoms with van der Waals surface area (Å²) in [7, 11) is 0. The number of ether oxygens (including phenoxy) is 1. The first-order valence-corrected chi connectivity index (χ1v) is 8.62. The number of para-hydroxylation sites is 1. The van der Waals surface area contributed by atoms with Crippen LogP contribution in [0.25, 0.3) is 0 Å². The van der Waals surface area contributed by atoms with Gasteiger partial charge in [-0.2, -0.15) is 0 Å². The third kappa shape index (κ3) is 5.26. The van der Waals surface area contributed by atoms with Gasteiger partial charge in [0.2, 0.25) is 5.91 Å². The van der Waals surface area contributed by atoms with Crippen LogP contribution in [0.5, 0.6) is 5.75 Å². The zero-order valence-electron chi connectivity index (χ0n) is 15.4. The molecule has 0 bridgehead atoms. The summed E-state index contributed by atoms with van der Waals surface area (Å²) < 4.78 is 32.5. The van der Waals surface area contributed by atoms with Gasteiger partial charge in [-0.25, -0.2) is 8.78 Å². The molecule has 0 radical (unpaired) electrons. The fraction of sp³-hybridized carbons (Fsp3) is 0.300. The molecule has 0 spiro atoms. The van der Waals surface area contributed by atoms with E-state index in [1.165, 1.54) is 0 Å². The van der Waals surface area contributed by atoms with Crippen LogP contribution in [-0.2, 0) is 4.79 Å². The molecule has 0 aliphatic carbocycles. The van der Waals surface area contributed by atoms with E-state index in [9.17, 15) is 18.4 Å². The minimum atomic E-state index is -0.949. The molecule has 0 fully saturated rings. The molecule has 2 rings (SSSR count). The molecular formula is C20H22F2N2O3. The molecule has 2 amide bonds. The highest BCUT2D eigenvalue weighted by Crippen LogP contribution is 2.20. The Kier molecular flexibility index (Phi) is 6.87. The van der Waals surface area contributed by atoms with E-state index in [-0.39, 0.29) is 17.2 Å². The lowest BCUT2D eigenvalue weighted by atomic mass is 10.0. The number of nitrogens with one attached hydrogen (secondary N) is 2. The molecule has 2 aromatic rings. The maximum atomic E-state index is 13.8. The Morgan fingerprint density at radius 2 is 1.81 bits per heavy atom. The van der Waals surface area contributed by atoms with Crippen LogP contribution in [0.4, 0.5) is 14.5 Å². The maximum Gasteiger partial charge on any atom is 0.255 e. The van der Waals surface area contributed by atoms with E-state index in [0.717, 1.165) is 18.2 Å². The topological polar surface area (TPSA) is 67.4 Å². The fourth-order valence-corrected chi connectivity index (χ4v) is 2.49. The van der Waals surface area contributed by atoms with Crippen molar-refractivity contribution < 1.29 is 23.1 Å². The van der Waals surface area contributed by atoms with Crippen LogP contribution in [0.1, 0.15) is 31.1 Å². The Labute approximate surface area is 156 Å². The molecule has 1 unspecified atom stereocenters. The second-order valence-corrected chi connectivity index (χ2v) is 6.24. The first-order chi connectivity index (χ1) is 12.8. The minimum absolute atomic E-state index is 0.283. The van der Waals surface area contributed by atoms with Crippen molar-refractivity contribution in [3.05, 3.63) is 59.7 Å². The summed E-state index contributed by atoms with van der Waals surface area (Å²) in [6, 6.07) is 8.48. The molecular weight excluding hydrogens is 354 g/mol. The summed E-state index contributed by atoms with van der Waals surface area (Å²) in [4.78, 5) is 25.2. The first-order valence-electron chi connectivity index (χ1n) is 8.62. The number of halogens is 2. The summed E-state index contributed by atoms with van der Waals surface area (Å²) in [5.41, 5.74) is 0.00403. The number of benzene rings is 2. The standard InChI is InChI=1S/C20H22F2N2O3/c1-4-27-17-8-6-5-7-14(17)19(25)24-18(12(2)3)20(26)23-16-11-13(21)9-10-15(16)22/h5-12,18H,4H2,1-3H3,(H,23,26)(H,24,25). The number of amides is 2. The largest absolute Gasteiger partial charge is 0.493 e. The van der Waals surface area contributed by atoms with Gasteiger partial charge >= 0.3 is 0 Å². The molecule has 0 saturated carbocycles. The molecule has 0 heterocycles. The van der Waals surface area contributed by atoms with Crippen LogP contribution in [0.15, 0.2) is 42.5 Å². The SMILES string of the molecule is CCOc1ccccc1C(=O)NC(C(=O)Nc1cc(F)ccc1F)C(C)C. The second kappa shape index (κ2) is 9.12. The van der Waals surface area contributed by atoms with Crippen molar-refractivity contribution >= 4 is 17.5 Å². The fourth-order valence-electron chi connectivity index (χ4n) is 2.49. The second-order valence-electron chi connectivity index (χ2n) is 6.24. The lowest BCUT2D eigenvalue weighted by molar-refractivity contribution is -0.118. The highest BCUT2D eigenvalue weighted by Gasteiger charge is 2.26. The van der Waals surface area contributed by atoms with Crippen LogP contribution in [0.2, 0.25) is 0 Å². The van der Waals surface area contributed by atoms with Gasteiger partial charge in [-0.15, -0.1) is 0 Å². The number of anilines is 1. The Morgan fingerprint density at radius 3 is 2.48 bits per heavy atom. The average Bonchev–Trinajstić information content (AvgIpc) is 2.63. The van der Waals surface area contributed by atoms with Crippen molar-refractivity contribution in [3.8, 4) is 5.75 Å². The maximum absolute atomic E-state index is 13.8.